The van der Waals surface area contributed by atoms with Crippen LogP contribution in [-0.4, -0.2) is 38.3 Å². The van der Waals surface area contributed by atoms with E-state index in [0.717, 1.165) is 6.92 Å². The highest BCUT2D eigenvalue weighted by Crippen LogP contribution is 2.41. The molecule has 0 aromatic heterocycles. The molecule has 0 radical (unpaired) electrons. The zero-order chi connectivity index (χ0) is 11.5. The molecule has 0 aliphatic carbocycles. The van der Waals surface area contributed by atoms with Crippen LogP contribution in [0.1, 0.15) is 13.3 Å². The molecule has 0 unspecified atom stereocenters. The van der Waals surface area contributed by atoms with Crippen LogP contribution < -0.4 is 5.73 Å². The number of rotatable bonds is 5. The number of carbonyl (C=O) groups is 2. The molecule has 0 saturated heterocycles. The van der Waals surface area contributed by atoms with Gasteiger partial charge in [0.25, 0.3) is 0 Å². The molecule has 8 heteroatoms. The maximum absolute atomic E-state index is 11.1. The quantitative estimate of drug-likeness (QED) is 0.436. The van der Waals surface area contributed by atoms with Gasteiger partial charge in [-0.25, -0.2) is 0 Å². The monoisotopic (exact) mass is 225 g/mol. The van der Waals surface area contributed by atoms with E-state index in [1.807, 2.05) is 0 Å². The third kappa shape index (κ3) is 3.97. The maximum atomic E-state index is 11.1. The molecule has 0 amide bonds. The van der Waals surface area contributed by atoms with Crippen molar-refractivity contribution in [1.29, 1.82) is 0 Å². The summed E-state index contributed by atoms with van der Waals surface area (Å²) < 4.78 is 10.6. The average molecular weight is 225 g/mol. The lowest BCUT2D eigenvalue weighted by Crippen LogP contribution is -2.35. The van der Waals surface area contributed by atoms with Crippen LogP contribution in [0.15, 0.2) is 0 Å². The van der Waals surface area contributed by atoms with Crippen molar-refractivity contribution in [2.75, 3.05) is 0 Å². The Hall–Kier alpha value is -0.750. The Balaban J connectivity index is 4.37. The molecule has 0 bridgehead atoms. The molecule has 7 nitrogen and oxygen atoms in total. The smallest absolute Gasteiger partial charge is 0.335 e. The lowest BCUT2D eigenvalue weighted by Gasteiger charge is -2.13. The fraction of sp³-hybridized carbons (Fsp3) is 0.667. The Morgan fingerprint density at radius 2 is 1.86 bits per heavy atom. The third-order valence-electron chi connectivity index (χ3n) is 1.71. The van der Waals surface area contributed by atoms with E-state index in [1.54, 1.807) is 0 Å². The zero-order valence-corrected chi connectivity index (χ0v) is 8.35. The van der Waals surface area contributed by atoms with E-state index in [4.69, 9.17) is 20.6 Å². The van der Waals surface area contributed by atoms with Crippen LogP contribution in [0, 0.1) is 0 Å². The summed E-state index contributed by atoms with van der Waals surface area (Å²) in [5.41, 5.74) is 3.52. The van der Waals surface area contributed by atoms with Crippen molar-refractivity contribution in [3.05, 3.63) is 0 Å². The predicted octanol–water partition coefficient (Wildman–Crippen LogP) is -1.08. The van der Waals surface area contributed by atoms with E-state index < -0.39 is 37.5 Å². The van der Waals surface area contributed by atoms with E-state index in [-0.39, 0.29) is 0 Å². The summed E-state index contributed by atoms with van der Waals surface area (Å²) in [6.07, 6.45) is -0.582. The van der Waals surface area contributed by atoms with Crippen molar-refractivity contribution in [1.82, 2.24) is 0 Å². The molecule has 0 heterocycles. The highest BCUT2D eigenvalue weighted by atomic mass is 31.2. The molecule has 0 aromatic carbocycles. The number of aliphatic carboxylic acids is 1. The van der Waals surface area contributed by atoms with Gasteiger partial charge in [0.05, 0.1) is 0 Å². The van der Waals surface area contributed by atoms with Crippen LogP contribution in [0.4, 0.5) is 0 Å². The lowest BCUT2D eigenvalue weighted by atomic mass is 10.1. The normalized spacial score (nSPS) is 16.0. The number of Topliss-reactive ketones (excluding diaryl/α,β-unsaturated/α-hetero) is 1. The Bertz CT molecular complexity index is 284. The van der Waals surface area contributed by atoms with E-state index in [1.165, 1.54) is 0 Å². The summed E-state index contributed by atoms with van der Waals surface area (Å²) in [5, 5.41) is 8.34. The van der Waals surface area contributed by atoms with Crippen LogP contribution in [0.2, 0.25) is 0 Å². The highest BCUT2D eigenvalue weighted by molar-refractivity contribution is 7.53. The second-order valence-electron chi connectivity index (χ2n) is 2.88. The van der Waals surface area contributed by atoms with Gasteiger partial charge in [-0.1, -0.05) is 0 Å². The second-order valence-corrected chi connectivity index (χ2v) is 4.83. The molecular formula is C6H12NO6P. The minimum absolute atomic E-state index is 0.582. The van der Waals surface area contributed by atoms with Gasteiger partial charge in [0.15, 0.2) is 0 Å². The molecule has 0 saturated carbocycles. The predicted molar refractivity (Wildman–Crippen MR) is 46.7 cm³/mol. The Morgan fingerprint density at radius 3 is 2.14 bits per heavy atom. The SMILES string of the molecule is C[C@H](C(=O)C[C@H](N)C(=O)O)P(=O)(O)O. The van der Waals surface area contributed by atoms with Crippen LogP contribution in [0.3, 0.4) is 0 Å². The van der Waals surface area contributed by atoms with Crippen molar-refractivity contribution < 1.29 is 29.0 Å². The first-order chi connectivity index (χ1) is 6.16. The van der Waals surface area contributed by atoms with Gasteiger partial charge in [0.1, 0.15) is 17.5 Å². The fourth-order valence-corrected chi connectivity index (χ4v) is 1.14. The van der Waals surface area contributed by atoms with E-state index >= 15 is 0 Å². The van der Waals surface area contributed by atoms with Crippen molar-refractivity contribution in [3.63, 3.8) is 0 Å². The van der Waals surface area contributed by atoms with Gasteiger partial charge in [-0.15, -0.1) is 0 Å². The molecule has 0 aliphatic heterocycles. The van der Waals surface area contributed by atoms with E-state index in [0.29, 0.717) is 0 Å². The number of hydrogen-bond acceptors (Lipinski definition) is 4. The first kappa shape index (κ1) is 13.2. The second kappa shape index (κ2) is 4.65. The summed E-state index contributed by atoms with van der Waals surface area (Å²) in [6, 6.07) is -1.42. The minimum atomic E-state index is -4.50. The molecule has 2 atom stereocenters. The number of nitrogens with two attached hydrogens (primary N) is 1. The fourth-order valence-electron chi connectivity index (χ4n) is 0.662. The molecular weight excluding hydrogens is 213 g/mol. The Kier molecular flexibility index (Phi) is 4.41. The van der Waals surface area contributed by atoms with E-state index in [2.05, 4.69) is 0 Å². The molecule has 5 N–H and O–H groups in total. The molecule has 0 spiro atoms. The summed E-state index contributed by atoms with van der Waals surface area (Å²) in [4.78, 5) is 38.5. The van der Waals surface area contributed by atoms with Gasteiger partial charge in [-0.05, 0) is 6.92 Å². The van der Waals surface area contributed by atoms with Crippen molar-refractivity contribution in [2.24, 2.45) is 5.73 Å². The van der Waals surface area contributed by atoms with Crippen molar-refractivity contribution in [2.45, 2.75) is 25.0 Å². The topological polar surface area (TPSA) is 138 Å². The van der Waals surface area contributed by atoms with Crippen LogP contribution in [-0.2, 0) is 14.2 Å². The Labute approximate surface area is 80.1 Å². The van der Waals surface area contributed by atoms with E-state index in [9.17, 15) is 14.2 Å². The summed E-state index contributed by atoms with van der Waals surface area (Å²) in [5.74, 6) is -2.23. The molecule has 14 heavy (non-hydrogen) atoms. The largest absolute Gasteiger partial charge is 0.480 e. The molecule has 0 aliphatic rings. The number of carboxylic acid groups (broad SMARTS) is 1. The average Bonchev–Trinajstić information content (AvgIpc) is 2.00. The zero-order valence-electron chi connectivity index (χ0n) is 7.45. The molecule has 82 valence electrons. The van der Waals surface area contributed by atoms with Gasteiger partial charge in [0.2, 0.25) is 0 Å². The summed E-state index contributed by atoms with van der Waals surface area (Å²) in [7, 11) is -4.50. The first-order valence-electron chi connectivity index (χ1n) is 3.72. The van der Waals surface area contributed by atoms with Gasteiger partial charge >= 0.3 is 13.6 Å². The standard InChI is InChI=1S/C6H12NO6P/c1-3(14(11,12)13)5(8)2-4(7)6(9)10/h3-4H,2,7H2,1H3,(H,9,10)(H2,11,12,13)/t3-,4+/m1/s1. The summed E-state index contributed by atoms with van der Waals surface area (Å²) >= 11 is 0. The number of carboxylic acids is 1. The van der Waals surface area contributed by atoms with Gasteiger partial charge in [-0.2, -0.15) is 0 Å². The molecule has 0 rings (SSSR count). The number of carbonyl (C=O) groups excluding carboxylic acids is 1. The van der Waals surface area contributed by atoms with Crippen molar-refractivity contribution >= 4 is 19.3 Å². The van der Waals surface area contributed by atoms with Crippen LogP contribution in [0.25, 0.3) is 0 Å². The highest BCUT2D eigenvalue weighted by Gasteiger charge is 2.32. The van der Waals surface area contributed by atoms with Gasteiger partial charge < -0.3 is 20.6 Å². The van der Waals surface area contributed by atoms with Gasteiger partial charge in [0, 0.05) is 6.42 Å². The molecule has 0 aromatic rings. The minimum Gasteiger partial charge on any atom is -0.480 e. The third-order valence-corrected chi connectivity index (χ3v) is 3.01. The van der Waals surface area contributed by atoms with Crippen LogP contribution in [0.5, 0.6) is 0 Å². The number of hydrogen-bond donors (Lipinski definition) is 4. The van der Waals surface area contributed by atoms with Crippen LogP contribution >= 0.6 is 7.60 Å². The maximum Gasteiger partial charge on any atom is 0.335 e. The number of ketones is 1. The molecule has 0 fully saturated rings. The first-order valence-corrected chi connectivity index (χ1v) is 5.40. The lowest BCUT2D eigenvalue weighted by molar-refractivity contribution is -0.140. The van der Waals surface area contributed by atoms with Gasteiger partial charge in [-0.3, -0.25) is 14.2 Å². The Morgan fingerprint density at radius 1 is 1.43 bits per heavy atom. The van der Waals surface area contributed by atoms with Crippen molar-refractivity contribution in [3.8, 4) is 0 Å². The summed E-state index contributed by atoms with van der Waals surface area (Å²) in [6.45, 7) is 1.04.